The van der Waals surface area contributed by atoms with Crippen molar-refractivity contribution in [1.82, 2.24) is 5.32 Å². The minimum absolute atomic E-state index is 0.365. The fourth-order valence-corrected chi connectivity index (χ4v) is 1.79. The molecule has 90 valence electrons. The maximum absolute atomic E-state index is 9.80. The second-order valence-electron chi connectivity index (χ2n) is 4.16. The molecule has 0 aromatic heterocycles. The Morgan fingerprint density at radius 1 is 1.31 bits per heavy atom. The van der Waals surface area contributed by atoms with E-state index in [1.807, 2.05) is 13.8 Å². The second-order valence-corrected chi connectivity index (χ2v) is 5.00. The third-order valence-corrected chi connectivity index (χ3v) is 2.83. The molecular weight excluding hydrogens is 245 g/mol. The lowest BCUT2D eigenvalue weighted by atomic mass is 10.1. The molecule has 2 nitrogen and oxygen atoms in total. The fraction of sp³-hybridized carbons (Fsp3) is 0.500. The van der Waals surface area contributed by atoms with Gasteiger partial charge in [-0.25, -0.2) is 0 Å². The van der Waals surface area contributed by atoms with Gasteiger partial charge in [-0.1, -0.05) is 37.0 Å². The highest BCUT2D eigenvalue weighted by molar-refractivity contribution is 6.33. The van der Waals surface area contributed by atoms with Crippen molar-refractivity contribution < 1.29 is 5.11 Å². The van der Waals surface area contributed by atoms with E-state index < -0.39 is 6.10 Å². The van der Waals surface area contributed by atoms with Crippen molar-refractivity contribution in [2.45, 2.75) is 32.4 Å². The Balaban J connectivity index is 2.55. The lowest BCUT2D eigenvalue weighted by Gasteiger charge is -2.14. The van der Waals surface area contributed by atoms with E-state index in [1.54, 1.807) is 18.2 Å². The van der Waals surface area contributed by atoms with Crippen molar-refractivity contribution in [2.75, 3.05) is 6.54 Å². The number of aliphatic hydroxyl groups is 1. The normalized spacial score (nSPS) is 13.1. The van der Waals surface area contributed by atoms with Crippen LogP contribution in [0.1, 0.15) is 19.4 Å². The van der Waals surface area contributed by atoms with Gasteiger partial charge in [-0.05, 0) is 23.8 Å². The summed E-state index contributed by atoms with van der Waals surface area (Å²) < 4.78 is 0. The van der Waals surface area contributed by atoms with Gasteiger partial charge in [-0.2, -0.15) is 0 Å². The highest BCUT2D eigenvalue weighted by Gasteiger charge is 2.09. The minimum Gasteiger partial charge on any atom is -0.391 e. The van der Waals surface area contributed by atoms with Crippen molar-refractivity contribution in [1.29, 1.82) is 0 Å². The van der Waals surface area contributed by atoms with Crippen molar-refractivity contribution in [3.8, 4) is 0 Å². The average molecular weight is 262 g/mol. The van der Waals surface area contributed by atoms with Gasteiger partial charge in [0.25, 0.3) is 0 Å². The van der Waals surface area contributed by atoms with E-state index in [9.17, 15) is 5.11 Å². The Morgan fingerprint density at radius 3 is 2.62 bits per heavy atom. The van der Waals surface area contributed by atoms with Crippen molar-refractivity contribution in [2.24, 2.45) is 0 Å². The van der Waals surface area contributed by atoms with Crippen molar-refractivity contribution in [3.63, 3.8) is 0 Å². The maximum atomic E-state index is 9.80. The first kappa shape index (κ1) is 13.8. The van der Waals surface area contributed by atoms with E-state index in [0.29, 0.717) is 29.1 Å². The Hall–Kier alpha value is -0.280. The van der Waals surface area contributed by atoms with E-state index in [-0.39, 0.29) is 0 Å². The molecule has 0 saturated carbocycles. The van der Waals surface area contributed by atoms with Crippen LogP contribution < -0.4 is 5.32 Å². The average Bonchev–Trinajstić information content (AvgIpc) is 2.20. The van der Waals surface area contributed by atoms with E-state index in [0.717, 1.165) is 5.56 Å². The zero-order valence-electron chi connectivity index (χ0n) is 9.50. The molecule has 4 heteroatoms. The van der Waals surface area contributed by atoms with E-state index in [1.165, 1.54) is 0 Å². The Morgan fingerprint density at radius 2 is 2.00 bits per heavy atom. The molecule has 0 heterocycles. The van der Waals surface area contributed by atoms with Crippen LogP contribution in [0, 0.1) is 0 Å². The molecule has 0 bridgehead atoms. The van der Waals surface area contributed by atoms with Crippen LogP contribution in [0.4, 0.5) is 0 Å². The zero-order valence-corrected chi connectivity index (χ0v) is 11.0. The molecule has 1 rings (SSSR count). The molecule has 0 spiro atoms. The second kappa shape index (κ2) is 6.45. The molecule has 1 aromatic carbocycles. The maximum Gasteiger partial charge on any atom is 0.0705 e. The minimum atomic E-state index is -0.446. The van der Waals surface area contributed by atoms with E-state index in [4.69, 9.17) is 23.2 Å². The number of benzene rings is 1. The fourth-order valence-electron chi connectivity index (χ4n) is 1.40. The summed E-state index contributed by atoms with van der Waals surface area (Å²) in [6.07, 6.45) is 0.0671. The van der Waals surface area contributed by atoms with Crippen LogP contribution in [-0.2, 0) is 6.42 Å². The molecule has 0 aliphatic carbocycles. The van der Waals surface area contributed by atoms with Gasteiger partial charge in [-0.3, -0.25) is 0 Å². The van der Waals surface area contributed by atoms with Gasteiger partial charge in [0.15, 0.2) is 0 Å². The van der Waals surface area contributed by atoms with Gasteiger partial charge in [0.1, 0.15) is 0 Å². The van der Waals surface area contributed by atoms with Crippen molar-refractivity contribution in [3.05, 3.63) is 33.8 Å². The summed E-state index contributed by atoms with van der Waals surface area (Å²) >= 11 is 11.9. The van der Waals surface area contributed by atoms with Crippen LogP contribution in [-0.4, -0.2) is 23.8 Å². The first-order valence-electron chi connectivity index (χ1n) is 5.34. The number of halogens is 2. The molecule has 0 aliphatic rings. The predicted molar refractivity (Wildman–Crippen MR) is 69.3 cm³/mol. The highest BCUT2D eigenvalue weighted by atomic mass is 35.5. The molecule has 1 atom stereocenters. The van der Waals surface area contributed by atoms with Gasteiger partial charge in [0.2, 0.25) is 0 Å². The number of rotatable bonds is 5. The van der Waals surface area contributed by atoms with Gasteiger partial charge in [0, 0.05) is 29.1 Å². The van der Waals surface area contributed by atoms with Crippen LogP contribution >= 0.6 is 23.2 Å². The largest absolute Gasteiger partial charge is 0.391 e. The smallest absolute Gasteiger partial charge is 0.0705 e. The summed E-state index contributed by atoms with van der Waals surface area (Å²) in [7, 11) is 0. The molecular formula is C12H17Cl2NO. The number of aliphatic hydroxyl groups excluding tert-OH is 1. The summed E-state index contributed by atoms with van der Waals surface area (Å²) in [5.74, 6) is 0. The first-order chi connectivity index (χ1) is 7.49. The molecule has 0 saturated heterocycles. The Kier molecular flexibility index (Phi) is 5.56. The molecule has 0 radical (unpaired) electrons. The van der Waals surface area contributed by atoms with Crippen LogP contribution in [0.2, 0.25) is 10.0 Å². The van der Waals surface area contributed by atoms with Crippen LogP contribution in [0.5, 0.6) is 0 Å². The molecule has 0 fully saturated rings. The summed E-state index contributed by atoms with van der Waals surface area (Å²) in [6.45, 7) is 4.64. The van der Waals surface area contributed by atoms with Gasteiger partial charge in [-0.15, -0.1) is 0 Å². The summed E-state index contributed by atoms with van der Waals surface area (Å²) in [4.78, 5) is 0. The van der Waals surface area contributed by atoms with Crippen LogP contribution in [0.15, 0.2) is 18.2 Å². The molecule has 0 aliphatic heterocycles. The van der Waals surface area contributed by atoms with E-state index >= 15 is 0 Å². The van der Waals surface area contributed by atoms with Crippen LogP contribution in [0.3, 0.4) is 0 Å². The third-order valence-electron chi connectivity index (χ3n) is 2.23. The Bertz CT molecular complexity index is 342. The monoisotopic (exact) mass is 261 g/mol. The predicted octanol–water partition coefficient (Wildman–Crippen LogP) is 2.89. The van der Waals surface area contributed by atoms with Gasteiger partial charge >= 0.3 is 0 Å². The van der Waals surface area contributed by atoms with Gasteiger partial charge in [0.05, 0.1) is 6.10 Å². The number of hydrogen-bond acceptors (Lipinski definition) is 2. The lowest BCUT2D eigenvalue weighted by Crippen LogP contribution is -2.33. The van der Waals surface area contributed by atoms with Crippen LogP contribution in [0.25, 0.3) is 0 Å². The third kappa shape index (κ3) is 4.71. The number of nitrogens with one attached hydrogen (secondary N) is 1. The standard InChI is InChI=1S/C12H17Cl2NO/c1-8(2)15-7-11(16)6-9-5-10(13)3-4-12(9)14/h3-5,8,11,15-16H,6-7H2,1-2H3. The Labute approximate surface area is 107 Å². The SMILES string of the molecule is CC(C)NCC(O)Cc1cc(Cl)ccc1Cl. The topological polar surface area (TPSA) is 32.3 Å². The zero-order chi connectivity index (χ0) is 12.1. The summed E-state index contributed by atoms with van der Waals surface area (Å²) in [5, 5.41) is 14.3. The molecule has 2 N–H and O–H groups in total. The van der Waals surface area contributed by atoms with E-state index in [2.05, 4.69) is 5.32 Å². The summed E-state index contributed by atoms with van der Waals surface area (Å²) in [6, 6.07) is 5.65. The van der Waals surface area contributed by atoms with Gasteiger partial charge < -0.3 is 10.4 Å². The summed E-state index contributed by atoms with van der Waals surface area (Å²) in [5.41, 5.74) is 0.882. The number of hydrogen-bond donors (Lipinski definition) is 2. The molecule has 16 heavy (non-hydrogen) atoms. The molecule has 0 amide bonds. The van der Waals surface area contributed by atoms with Crippen molar-refractivity contribution >= 4 is 23.2 Å². The first-order valence-corrected chi connectivity index (χ1v) is 6.10. The quantitative estimate of drug-likeness (QED) is 0.855. The molecule has 1 unspecified atom stereocenters. The highest BCUT2D eigenvalue weighted by Crippen LogP contribution is 2.21. The molecule has 1 aromatic rings. The lowest BCUT2D eigenvalue weighted by molar-refractivity contribution is 0.169.